The van der Waals surface area contributed by atoms with Gasteiger partial charge in [0, 0.05) is 13.1 Å². The molecule has 6 nitrogen and oxygen atoms in total. The van der Waals surface area contributed by atoms with Crippen molar-refractivity contribution in [3.63, 3.8) is 0 Å². The Morgan fingerprint density at radius 3 is 2.73 bits per heavy atom. The van der Waals surface area contributed by atoms with Gasteiger partial charge >= 0.3 is 0 Å². The molecule has 1 saturated heterocycles. The minimum absolute atomic E-state index is 0.359. The Labute approximate surface area is 158 Å². The molecule has 0 spiro atoms. The second-order valence-corrected chi connectivity index (χ2v) is 9.53. The van der Waals surface area contributed by atoms with Crippen molar-refractivity contribution in [2.24, 2.45) is 4.99 Å². The van der Waals surface area contributed by atoms with E-state index in [2.05, 4.69) is 22.5 Å². The molecule has 8 heteroatoms. The normalized spacial score (nSPS) is 20.0. The number of sulfonamides is 1. The first-order valence-corrected chi connectivity index (χ1v) is 11.7. The highest BCUT2D eigenvalue weighted by molar-refractivity contribution is 7.88. The highest BCUT2D eigenvalue weighted by atomic mass is 32.2. The zero-order chi connectivity index (χ0) is 18.9. The highest BCUT2D eigenvalue weighted by Gasteiger charge is 2.34. The van der Waals surface area contributed by atoms with Crippen molar-refractivity contribution in [3.05, 3.63) is 28.6 Å². The monoisotopic (exact) mass is 395 g/mol. The van der Waals surface area contributed by atoms with Crippen LogP contribution < -0.4 is 4.80 Å². The van der Waals surface area contributed by atoms with Crippen molar-refractivity contribution in [2.75, 3.05) is 12.8 Å². The van der Waals surface area contributed by atoms with Crippen LogP contribution in [0, 0.1) is 0 Å². The van der Waals surface area contributed by atoms with Gasteiger partial charge in [0.25, 0.3) is 5.91 Å². The Morgan fingerprint density at radius 2 is 2.08 bits per heavy atom. The molecule has 2 aromatic rings. The Kier molecular flexibility index (Phi) is 5.64. The van der Waals surface area contributed by atoms with Crippen LogP contribution in [0.15, 0.2) is 23.2 Å². The zero-order valence-corrected chi connectivity index (χ0v) is 17.1. The molecule has 1 aromatic heterocycles. The lowest BCUT2D eigenvalue weighted by molar-refractivity contribution is -0.122. The number of para-hydroxylation sites is 1. The summed E-state index contributed by atoms with van der Waals surface area (Å²) in [7, 11) is -3.41. The van der Waals surface area contributed by atoms with Crippen molar-refractivity contribution in [1.29, 1.82) is 0 Å². The molecule has 0 aliphatic carbocycles. The molecule has 142 valence electrons. The van der Waals surface area contributed by atoms with Crippen LogP contribution in [-0.4, -0.2) is 42.0 Å². The summed E-state index contributed by atoms with van der Waals surface area (Å²) in [5.41, 5.74) is 2.35. The molecule has 1 atom stereocenters. The van der Waals surface area contributed by atoms with Crippen molar-refractivity contribution >= 4 is 37.5 Å². The number of aromatic nitrogens is 1. The number of hydrogen-bond acceptors (Lipinski definition) is 4. The minimum atomic E-state index is -3.41. The van der Waals surface area contributed by atoms with Crippen LogP contribution in [0.1, 0.15) is 38.7 Å². The average molecular weight is 396 g/mol. The van der Waals surface area contributed by atoms with E-state index in [1.54, 1.807) is 0 Å². The standard InChI is InChI=1S/C18H25N3O3S2/c1-4-13-9-8-11-15-16(13)20(5-2)18(25-15)19-17(22)14-10-6-7-12-21(14)26(3,23)24/h8-9,11,14H,4-7,10,12H2,1-3H3. The summed E-state index contributed by atoms with van der Waals surface area (Å²) < 4.78 is 28.5. The van der Waals surface area contributed by atoms with Crippen molar-refractivity contribution < 1.29 is 13.2 Å². The fraction of sp³-hybridized carbons (Fsp3) is 0.556. The molecule has 1 fully saturated rings. The summed E-state index contributed by atoms with van der Waals surface area (Å²) in [6.45, 7) is 5.25. The molecule has 1 aromatic carbocycles. The van der Waals surface area contributed by atoms with Gasteiger partial charge in [-0.2, -0.15) is 9.30 Å². The molecule has 1 aliphatic heterocycles. The van der Waals surface area contributed by atoms with Gasteiger partial charge in [-0.1, -0.05) is 36.8 Å². The molecule has 3 rings (SSSR count). The summed E-state index contributed by atoms with van der Waals surface area (Å²) in [5.74, 6) is -0.359. The smallest absolute Gasteiger partial charge is 0.266 e. The van der Waals surface area contributed by atoms with Gasteiger partial charge in [0.2, 0.25) is 10.0 Å². The zero-order valence-electron chi connectivity index (χ0n) is 15.4. The topological polar surface area (TPSA) is 71.7 Å². The molecular formula is C18H25N3O3S2. The summed E-state index contributed by atoms with van der Waals surface area (Å²) in [6.07, 6.45) is 4.24. The van der Waals surface area contributed by atoms with Gasteiger partial charge in [-0.25, -0.2) is 8.42 Å². The van der Waals surface area contributed by atoms with Gasteiger partial charge in [-0.3, -0.25) is 4.79 Å². The molecule has 0 radical (unpaired) electrons. The first-order chi connectivity index (χ1) is 12.4. The fourth-order valence-electron chi connectivity index (χ4n) is 3.58. The maximum atomic E-state index is 12.8. The highest BCUT2D eigenvalue weighted by Crippen LogP contribution is 2.23. The predicted molar refractivity (Wildman–Crippen MR) is 105 cm³/mol. The summed E-state index contributed by atoms with van der Waals surface area (Å²) in [6, 6.07) is 5.48. The maximum absolute atomic E-state index is 12.8. The third-order valence-corrected chi connectivity index (χ3v) is 7.18. The number of hydrogen-bond donors (Lipinski definition) is 0. The number of carbonyl (C=O) groups is 1. The van der Waals surface area contributed by atoms with Gasteiger partial charge in [-0.05, 0) is 37.8 Å². The Balaban J connectivity index is 2.08. The molecule has 1 aliphatic rings. The number of benzene rings is 1. The summed E-state index contributed by atoms with van der Waals surface area (Å²) >= 11 is 1.49. The van der Waals surface area contributed by atoms with E-state index in [4.69, 9.17) is 0 Å². The number of aryl methyl sites for hydroxylation is 2. The number of carbonyl (C=O) groups excluding carboxylic acids is 1. The Hall–Kier alpha value is -1.51. The first kappa shape index (κ1) is 19.3. The lowest BCUT2D eigenvalue weighted by Gasteiger charge is -2.31. The minimum Gasteiger partial charge on any atom is -0.316 e. The average Bonchev–Trinajstić information content (AvgIpc) is 2.97. The quantitative estimate of drug-likeness (QED) is 0.799. The molecular weight excluding hydrogens is 370 g/mol. The number of nitrogens with zero attached hydrogens (tertiary/aromatic N) is 3. The van der Waals surface area contributed by atoms with Crippen molar-refractivity contribution in [1.82, 2.24) is 8.87 Å². The number of rotatable bonds is 4. The van der Waals surface area contributed by atoms with Crippen molar-refractivity contribution in [2.45, 2.75) is 52.1 Å². The lowest BCUT2D eigenvalue weighted by Crippen LogP contribution is -2.47. The number of piperidine rings is 1. The van der Waals surface area contributed by atoms with E-state index in [-0.39, 0.29) is 5.91 Å². The van der Waals surface area contributed by atoms with Crippen LogP contribution >= 0.6 is 11.3 Å². The van der Waals surface area contributed by atoms with Crippen LogP contribution in [-0.2, 0) is 27.8 Å². The SMILES string of the molecule is CCc1cccc2sc(=NC(=O)C3CCCCN3S(C)(=O)=O)n(CC)c12. The third-order valence-electron chi connectivity index (χ3n) is 4.85. The third kappa shape index (κ3) is 3.63. The number of thiazole rings is 1. The van der Waals surface area contributed by atoms with Crippen LogP contribution in [0.4, 0.5) is 0 Å². The van der Waals surface area contributed by atoms with Crippen LogP contribution in [0.2, 0.25) is 0 Å². The Bertz CT molecular complexity index is 989. The maximum Gasteiger partial charge on any atom is 0.266 e. The van der Waals surface area contributed by atoms with E-state index in [0.29, 0.717) is 24.3 Å². The molecule has 0 bridgehead atoms. The largest absolute Gasteiger partial charge is 0.316 e. The predicted octanol–water partition coefficient (Wildman–Crippen LogP) is 2.53. The fourth-order valence-corrected chi connectivity index (χ4v) is 5.85. The van der Waals surface area contributed by atoms with Crippen LogP contribution in [0.5, 0.6) is 0 Å². The van der Waals surface area contributed by atoms with E-state index >= 15 is 0 Å². The number of fused-ring (bicyclic) bond motifs is 1. The van der Waals surface area contributed by atoms with Gasteiger partial charge in [0.05, 0.1) is 16.5 Å². The second kappa shape index (κ2) is 7.62. The molecule has 1 unspecified atom stereocenters. The van der Waals surface area contributed by atoms with Gasteiger partial charge < -0.3 is 4.57 Å². The van der Waals surface area contributed by atoms with Crippen LogP contribution in [0.3, 0.4) is 0 Å². The summed E-state index contributed by atoms with van der Waals surface area (Å²) in [4.78, 5) is 17.9. The first-order valence-electron chi connectivity index (χ1n) is 9.03. The Morgan fingerprint density at radius 1 is 1.31 bits per heavy atom. The van der Waals surface area contributed by atoms with E-state index in [9.17, 15) is 13.2 Å². The van der Waals surface area contributed by atoms with E-state index < -0.39 is 16.1 Å². The summed E-state index contributed by atoms with van der Waals surface area (Å²) in [5, 5.41) is 0. The molecule has 0 saturated carbocycles. The van der Waals surface area contributed by atoms with Crippen molar-refractivity contribution in [3.8, 4) is 0 Å². The molecule has 2 heterocycles. The van der Waals surface area contributed by atoms with E-state index in [0.717, 1.165) is 35.7 Å². The second-order valence-electron chi connectivity index (χ2n) is 6.58. The number of amides is 1. The van der Waals surface area contributed by atoms with E-state index in [1.165, 1.54) is 21.2 Å². The lowest BCUT2D eigenvalue weighted by atomic mass is 10.0. The van der Waals surface area contributed by atoms with Crippen LogP contribution in [0.25, 0.3) is 10.2 Å². The van der Waals surface area contributed by atoms with Gasteiger partial charge in [0.1, 0.15) is 6.04 Å². The van der Waals surface area contributed by atoms with Gasteiger partial charge in [0.15, 0.2) is 4.80 Å². The van der Waals surface area contributed by atoms with E-state index in [1.807, 2.05) is 19.1 Å². The molecule has 0 N–H and O–H groups in total. The molecule has 26 heavy (non-hydrogen) atoms. The van der Waals surface area contributed by atoms with Gasteiger partial charge in [-0.15, -0.1) is 0 Å². The molecule has 1 amide bonds.